The summed E-state index contributed by atoms with van der Waals surface area (Å²) in [7, 11) is -2.15. The van der Waals surface area contributed by atoms with Crippen molar-refractivity contribution in [1.82, 2.24) is 9.03 Å². The number of nitrogens with one attached hydrogen (secondary N) is 1. The van der Waals surface area contributed by atoms with Gasteiger partial charge in [0.05, 0.1) is 13.2 Å². The molecule has 0 saturated carbocycles. The number of alkyl halides is 1. The quantitative estimate of drug-likeness (QED) is 0.820. The molecule has 1 fully saturated rings. The van der Waals surface area contributed by atoms with Crippen LogP contribution in [0.4, 0.5) is 4.39 Å². The average molecular weight is 344 g/mol. The molecule has 1 unspecified atom stereocenters. The fraction of sp³-hybridized carbons (Fsp3) is 0.600. The van der Waals surface area contributed by atoms with Crippen LogP contribution in [0.15, 0.2) is 24.3 Å². The van der Waals surface area contributed by atoms with Gasteiger partial charge in [0.25, 0.3) is 10.2 Å². The molecule has 1 saturated heterocycles. The lowest BCUT2D eigenvalue weighted by molar-refractivity contribution is -0.0985. The second kappa shape index (κ2) is 6.45. The van der Waals surface area contributed by atoms with Crippen LogP contribution in [0.1, 0.15) is 11.1 Å². The third-order valence-corrected chi connectivity index (χ3v) is 5.81. The first-order valence-electron chi connectivity index (χ1n) is 7.57. The lowest BCUT2D eigenvalue weighted by Gasteiger charge is -2.40. The van der Waals surface area contributed by atoms with E-state index in [0.717, 1.165) is 21.9 Å². The molecule has 23 heavy (non-hydrogen) atoms. The molecule has 8 heteroatoms. The standard InChI is InChI=1S/C15H21FN2O4S/c1-21-11-15(10-17-23(19,20)18-8-13(16)9-18)14-5-3-2-4-12(14)6-7-22-15/h2-5,13,17H,6-11H2,1H3. The lowest BCUT2D eigenvalue weighted by Crippen LogP contribution is -2.58. The molecule has 0 aromatic heterocycles. The second-order valence-electron chi connectivity index (χ2n) is 5.92. The van der Waals surface area contributed by atoms with Gasteiger partial charge in [0.15, 0.2) is 0 Å². The number of benzene rings is 1. The Morgan fingerprint density at radius 3 is 2.87 bits per heavy atom. The molecule has 0 aliphatic carbocycles. The summed E-state index contributed by atoms with van der Waals surface area (Å²) in [6.07, 6.45) is -0.296. The Balaban J connectivity index is 1.80. The molecule has 0 radical (unpaired) electrons. The number of nitrogens with zero attached hydrogens (tertiary/aromatic N) is 1. The summed E-state index contributed by atoms with van der Waals surface area (Å²) in [5, 5.41) is 0. The fourth-order valence-electron chi connectivity index (χ4n) is 3.05. The van der Waals surface area contributed by atoms with Gasteiger partial charge in [0.1, 0.15) is 11.8 Å². The van der Waals surface area contributed by atoms with Crippen LogP contribution >= 0.6 is 0 Å². The van der Waals surface area contributed by atoms with Gasteiger partial charge in [0.2, 0.25) is 0 Å². The minimum Gasteiger partial charge on any atom is -0.381 e. The van der Waals surface area contributed by atoms with Crippen molar-refractivity contribution in [3.63, 3.8) is 0 Å². The van der Waals surface area contributed by atoms with Gasteiger partial charge in [0, 0.05) is 26.7 Å². The van der Waals surface area contributed by atoms with Crippen LogP contribution in [-0.2, 0) is 31.7 Å². The van der Waals surface area contributed by atoms with Crippen molar-refractivity contribution in [3.8, 4) is 0 Å². The van der Waals surface area contributed by atoms with Crippen LogP contribution in [0.25, 0.3) is 0 Å². The van der Waals surface area contributed by atoms with Crippen LogP contribution < -0.4 is 4.72 Å². The molecular formula is C15H21FN2O4S. The van der Waals surface area contributed by atoms with Crippen molar-refractivity contribution in [2.24, 2.45) is 0 Å². The van der Waals surface area contributed by atoms with E-state index in [0.29, 0.717) is 6.61 Å². The third kappa shape index (κ3) is 3.27. The zero-order valence-corrected chi connectivity index (χ0v) is 13.8. The normalized spacial score (nSPS) is 25.8. The highest BCUT2D eigenvalue weighted by Crippen LogP contribution is 2.33. The zero-order valence-electron chi connectivity index (χ0n) is 13.0. The van der Waals surface area contributed by atoms with E-state index >= 15 is 0 Å². The van der Waals surface area contributed by atoms with Gasteiger partial charge in [-0.25, -0.2) is 4.39 Å². The molecule has 0 amide bonds. The van der Waals surface area contributed by atoms with E-state index in [1.807, 2.05) is 24.3 Å². The maximum absolute atomic E-state index is 12.9. The van der Waals surface area contributed by atoms with Gasteiger partial charge in [-0.1, -0.05) is 24.3 Å². The van der Waals surface area contributed by atoms with Crippen molar-refractivity contribution in [3.05, 3.63) is 35.4 Å². The van der Waals surface area contributed by atoms with Gasteiger partial charge >= 0.3 is 0 Å². The topological polar surface area (TPSA) is 67.9 Å². The summed E-state index contributed by atoms with van der Waals surface area (Å²) in [4.78, 5) is 0. The summed E-state index contributed by atoms with van der Waals surface area (Å²) in [5.74, 6) is 0. The third-order valence-electron chi connectivity index (χ3n) is 4.32. The van der Waals surface area contributed by atoms with Crippen LogP contribution in [0.3, 0.4) is 0 Å². The first-order valence-corrected chi connectivity index (χ1v) is 9.01. The fourth-order valence-corrected chi connectivity index (χ4v) is 4.36. The molecule has 1 atom stereocenters. The lowest BCUT2D eigenvalue weighted by atomic mass is 9.87. The highest BCUT2D eigenvalue weighted by atomic mass is 32.2. The van der Waals surface area contributed by atoms with E-state index in [9.17, 15) is 12.8 Å². The van der Waals surface area contributed by atoms with Crippen molar-refractivity contribution < 1.29 is 22.3 Å². The Hall–Kier alpha value is -1.06. The van der Waals surface area contributed by atoms with E-state index in [-0.39, 0.29) is 26.2 Å². The van der Waals surface area contributed by atoms with Crippen LogP contribution in [0.2, 0.25) is 0 Å². The number of hydrogen-bond acceptors (Lipinski definition) is 4. The van der Waals surface area contributed by atoms with E-state index in [2.05, 4.69) is 4.72 Å². The summed E-state index contributed by atoms with van der Waals surface area (Å²) >= 11 is 0. The summed E-state index contributed by atoms with van der Waals surface area (Å²) in [6.45, 7) is 0.596. The monoisotopic (exact) mass is 344 g/mol. The Kier molecular flexibility index (Phi) is 4.70. The molecule has 2 aliphatic heterocycles. The van der Waals surface area contributed by atoms with Gasteiger partial charge in [-0.05, 0) is 17.5 Å². The van der Waals surface area contributed by atoms with Crippen LogP contribution in [0, 0.1) is 0 Å². The van der Waals surface area contributed by atoms with Crippen molar-refractivity contribution in [1.29, 1.82) is 0 Å². The Labute approximate surface area is 135 Å². The van der Waals surface area contributed by atoms with Gasteiger partial charge in [-0.15, -0.1) is 0 Å². The molecule has 6 nitrogen and oxygen atoms in total. The van der Waals surface area contributed by atoms with Crippen molar-refractivity contribution in [2.75, 3.05) is 40.0 Å². The summed E-state index contributed by atoms with van der Waals surface area (Å²) < 4.78 is 52.2. The van der Waals surface area contributed by atoms with Crippen molar-refractivity contribution in [2.45, 2.75) is 18.2 Å². The molecule has 2 heterocycles. The predicted molar refractivity (Wildman–Crippen MR) is 83.0 cm³/mol. The van der Waals surface area contributed by atoms with E-state index in [1.165, 1.54) is 0 Å². The number of rotatable bonds is 6. The zero-order chi connectivity index (χ0) is 16.5. The van der Waals surface area contributed by atoms with Crippen LogP contribution in [-0.4, -0.2) is 58.9 Å². The number of halogens is 1. The predicted octanol–water partition coefficient (Wildman–Crippen LogP) is 0.589. The van der Waals surface area contributed by atoms with E-state index < -0.39 is 22.0 Å². The van der Waals surface area contributed by atoms with Gasteiger partial charge in [-0.2, -0.15) is 17.4 Å². The van der Waals surface area contributed by atoms with E-state index in [1.54, 1.807) is 7.11 Å². The molecule has 0 spiro atoms. The highest BCUT2D eigenvalue weighted by Gasteiger charge is 2.41. The van der Waals surface area contributed by atoms with E-state index in [4.69, 9.17) is 9.47 Å². The molecule has 1 aromatic carbocycles. The van der Waals surface area contributed by atoms with Gasteiger partial charge < -0.3 is 9.47 Å². The maximum atomic E-state index is 12.9. The highest BCUT2D eigenvalue weighted by molar-refractivity contribution is 7.87. The Morgan fingerprint density at radius 2 is 2.17 bits per heavy atom. The largest absolute Gasteiger partial charge is 0.381 e. The maximum Gasteiger partial charge on any atom is 0.279 e. The minimum absolute atomic E-state index is 0.0492. The molecule has 1 N–H and O–H groups in total. The summed E-state index contributed by atoms with van der Waals surface area (Å²) in [5.41, 5.74) is 1.20. The Bertz CT molecular complexity index is 663. The average Bonchev–Trinajstić information content (AvgIpc) is 2.51. The first-order chi connectivity index (χ1) is 11.0. The second-order valence-corrected chi connectivity index (χ2v) is 7.68. The molecule has 128 valence electrons. The smallest absolute Gasteiger partial charge is 0.279 e. The molecular weight excluding hydrogens is 323 g/mol. The number of fused-ring (bicyclic) bond motifs is 1. The molecule has 1 aromatic rings. The number of methoxy groups -OCH3 is 1. The Morgan fingerprint density at radius 1 is 1.43 bits per heavy atom. The summed E-state index contributed by atoms with van der Waals surface area (Å²) in [6, 6.07) is 7.80. The van der Waals surface area contributed by atoms with Gasteiger partial charge in [-0.3, -0.25) is 0 Å². The first kappa shape index (κ1) is 16.8. The van der Waals surface area contributed by atoms with Crippen molar-refractivity contribution >= 4 is 10.2 Å². The SMILES string of the molecule is COCC1(CNS(=O)(=O)N2CC(F)C2)OCCc2ccccc21. The van der Waals surface area contributed by atoms with Crippen LogP contribution in [0.5, 0.6) is 0 Å². The molecule has 0 bridgehead atoms. The number of ether oxygens (including phenoxy) is 2. The minimum atomic E-state index is -3.71. The molecule has 2 aliphatic rings. The molecule has 3 rings (SSSR count). The number of hydrogen-bond donors (Lipinski definition) is 1.